The van der Waals surface area contributed by atoms with Gasteiger partial charge in [0, 0.05) is 6.54 Å². The second-order valence-electron chi connectivity index (χ2n) is 8.32. The molecule has 1 aliphatic carbocycles. The van der Waals surface area contributed by atoms with Crippen LogP contribution >= 0.6 is 0 Å². The summed E-state index contributed by atoms with van der Waals surface area (Å²) >= 11 is 0. The fourth-order valence-electron chi connectivity index (χ4n) is 4.11. The number of nitrogens with one attached hydrogen (secondary N) is 1. The van der Waals surface area contributed by atoms with E-state index in [9.17, 15) is 19.5 Å². The Balaban J connectivity index is 2.20. The summed E-state index contributed by atoms with van der Waals surface area (Å²) in [7, 11) is 1.24. The zero-order valence-electron chi connectivity index (χ0n) is 15.6. The molecule has 2 rings (SSSR count). The highest BCUT2D eigenvalue weighted by Gasteiger charge is 2.46. The van der Waals surface area contributed by atoms with Crippen molar-refractivity contribution < 1.29 is 24.2 Å². The monoisotopic (exact) mass is 354 g/mol. The van der Waals surface area contributed by atoms with Crippen LogP contribution in [0.3, 0.4) is 0 Å². The standard InChI is InChI=1S/C18H30N2O5/c1-18(2,3)14(19-17(24)25-4)15(21)20-10-12(9-13(20)16(22)23)11-7-5-6-8-11/h11-14H,5-10H2,1-4H3,(H,19,24)(H,22,23)/t12?,13-,14+/m0/s1. The molecule has 0 radical (unpaired) electrons. The van der Waals surface area contributed by atoms with Crippen LogP contribution in [0.2, 0.25) is 0 Å². The van der Waals surface area contributed by atoms with Crippen molar-refractivity contribution in [2.45, 2.75) is 65.0 Å². The smallest absolute Gasteiger partial charge is 0.407 e. The van der Waals surface area contributed by atoms with Crippen molar-refractivity contribution in [2.24, 2.45) is 17.3 Å². The predicted octanol–water partition coefficient (Wildman–Crippen LogP) is 2.25. The van der Waals surface area contributed by atoms with Gasteiger partial charge in [-0.15, -0.1) is 0 Å². The minimum absolute atomic E-state index is 0.228. The lowest BCUT2D eigenvalue weighted by atomic mass is 9.85. The van der Waals surface area contributed by atoms with Gasteiger partial charge >= 0.3 is 12.1 Å². The van der Waals surface area contributed by atoms with Crippen LogP contribution in [0.4, 0.5) is 4.79 Å². The first-order chi connectivity index (χ1) is 11.6. The number of hydrogen-bond donors (Lipinski definition) is 2. The van der Waals surface area contributed by atoms with Crippen molar-refractivity contribution >= 4 is 18.0 Å². The molecule has 1 saturated heterocycles. The van der Waals surface area contributed by atoms with Gasteiger partial charge in [-0.25, -0.2) is 9.59 Å². The van der Waals surface area contributed by atoms with Gasteiger partial charge in [-0.1, -0.05) is 46.5 Å². The van der Waals surface area contributed by atoms with Gasteiger partial charge < -0.3 is 20.1 Å². The number of rotatable bonds is 4. The van der Waals surface area contributed by atoms with E-state index in [2.05, 4.69) is 10.1 Å². The molecule has 1 unspecified atom stereocenters. The first-order valence-corrected chi connectivity index (χ1v) is 9.03. The molecule has 2 N–H and O–H groups in total. The predicted molar refractivity (Wildman–Crippen MR) is 92.0 cm³/mol. The number of carboxylic acids is 1. The van der Waals surface area contributed by atoms with Crippen LogP contribution < -0.4 is 5.32 Å². The largest absolute Gasteiger partial charge is 0.480 e. The molecule has 0 spiro atoms. The molecule has 0 aromatic rings. The lowest BCUT2D eigenvalue weighted by Gasteiger charge is -2.34. The molecule has 1 heterocycles. The number of likely N-dealkylation sites (tertiary alicyclic amines) is 1. The SMILES string of the molecule is COC(=O)N[C@H](C(=O)N1CC(C2CCCC2)C[C@H]1C(=O)O)C(C)(C)C. The summed E-state index contributed by atoms with van der Waals surface area (Å²) in [5, 5.41) is 12.2. The molecular formula is C18H30N2O5. The van der Waals surface area contributed by atoms with Crippen LogP contribution in [0.25, 0.3) is 0 Å². The third-order valence-electron chi connectivity index (χ3n) is 5.53. The molecule has 142 valence electrons. The van der Waals surface area contributed by atoms with E-state index in [4.69, 9.17) is 0 Å². The molecule has 2 fully saturated rings. The van der Waals surface area contributed by atoms with Crippen molar-refractivity contribution in [3.05, 3.63) is 0 Å². The Morgan fingerprint density at radius 3 is 2.24 bits per heavy atom. The van der Waals surface area contributed by atoms with Crippen molar-refractivity contribution in [1.29, 1.82) is 0 Å². The molecular weight excluding hydrogens is 324 g/mol. The Bertz CT molecular complexity index is 522. The van der Waals surface area contributed by atoms with E-state index >= 15 is 0 Å². The Kier molecular flexibility index (Phi) is 5.95. The van der Waals surface area contributed by atoms with E-state index in [0.717, 1.165) is 12.8 Å². The second kappa shape index (κ2) is 7.62. The molecule has 0 aromatic heterocycles. The summed E-state index contributed by atoms with van der Waals surface area (Å²) in [4.78, 5) is 37.9. The normalized spacial score (nSPS) is 25.7. The zero-order chi connectivity index (χ0) is 18.8. The van der Waals surface area contributed by atoms with Gasteiger partial charge in [0.2, 0.25) is 5.91 Å². The maximum absolute atomic E-state index is 13.1. The molecule has 2 aliphatic rings. The van der Waals surface area contributed by atoms with Crippen molar-refractivity contribution in [1.82, 2.24) is 10.2 Å². The van der Waals surface area contributed by atoms with Crippen molar-refractivity contribution in [3.8, 4) is 0 Å². The Morgan fingerprint density at radius 2 is 1.76 bits per heavy atom. The molecule has 7 nitrogen and oxygen atoms in total. The quantitative estimate of drug-likeness (QED) is 0.807. The fraction of sp³-hybridized carbons (Fsp3) is 0.833. The highest BCUT2D eigenvalue weighted by molar-refractivity contribution is 5.90. The Labute approximate surface area is 149 Å². The molecule has 3 atom stereocenters. The summed E-state index contributed by atoms with van der Waals surface area (Å²) in [5.74, 6) is -0.585. The van der Waals surface area contributed by atoms with Crippen molar-refractivity contribution in [3.63, 3.8) is 0 Å². The minimum Gasteiger partial charge on any atom is -0.480 e. The summed E-state index contributed by atoms with van der Waals surface area (Å²) in [6, 6.07) is -1.65. The molecule has 25 heavy (non-hydrogen) atoms. The first-order valence-electron chi connectivity index (χ1n) is 9.03. The highest BCUT2D eigenvalue weighted by atomic mass is 16.5. The maximum atomic E-state index is 13.1. The lowest BCUT2D eigenvalue weighted by Crippen LogP contribution is -2.56. The number of methoxy groups -OCH3 is 1. The topological polar surface area (TPSA) is 95.9 Å². The van der Waals surface area contributed by atoms with E-state index in [0.29, 0.717) is 18.9 Å². The lowest BCUT2D eigenvalue weighted by molar-refractivity contribution is -0.150. The van der Waals surface area contributed by atoms with Gasteiger partial charge in [0.05, 0.1) is 7.11 Å². The number of carbonyl (C=O) groups is 3. The number of nitrogens with zero attached hydrogens (tertiary/aromatic N) is 1. The van der Waals surface area contributed by atoms with E-state index in [1.807, 2.05) is 20.8 Å². The van der Waals surface area contributed by atoms with E-state index < -0.39 is 29.6 Å². The first kappa shape index (κ1) is 19.5. The van der Waals surface area contributed by atoms with Gasteiger partial charge in [0.25, 0.3) is 0 Å². The summed E-state index contributed by atoms with van der Waals surface area (Å²) in [6.07, 6.45) is 4.40. The summed E-state index contributed by atoms with van der Waals surface area (Å²) in [6.45, 7) is 5.97. The number of carbonyl (C=O) groups excluding carboxylic acids is 2. The molecule has 1 aliphatic heterocycles. The number of alkyl carbamates (subject to hydrolysis) is 1. The van der Waals surface area contributed by atoms with Crippen molar-refractivity contribution in [2.75, 3.05) is 13.7 Å². The molecule has 0 aromatic carbocycles. The fourth-order valence-corrected chi connectivity index (χ4v) is 4.11. The number of amides is 2. The van der Waals surface area contributed by atoms with Crippen LogP contribution in [0.1, 0.15) is 52.9 Å². The van der Waals surface area contributed by atoms with Gasteiger partial charge in [0.1, 0.15) is 12.1 Å². The number of hydrogen-bond acceptors (Lipinski definition) is 4. The maximum Gasteiger partial charge on any atom is 0.407 e. The average molecular weight is 354 g/mol. The van der Waals surface area contributed by atoms with E-state index in [1.165, 1.54) is 24.9 Å². The zero-order valence-corrected chi connectivity index (χ0v) is 15.6. The average Bonchev–Trinajstić information content (AvgIpc) is 3.18. The summed E-state index contributed by atoms with van der Waals surface area (Å²) < 4.78 is 4.63. The van der Waals surface area contributed by atoms with Gasteiger partial charge in [-0.05, 0) is 23.7 Å². The van der Waals surface area contributed by atoms with Crippen LogP contribution in [0.5, 0.6) is 0 Å². The summed E-state index contributed by atoms with van der Waals surface area (Å²) in [5.41, 5.74) is -0.556. The third-order valence-corrected chi connectivity index (χ3v) is 5.53. The van der Waals surface area contributed by atoms with Crippen LogP contribution in [-0.4, -0.2) is 53.7 Å². The molecule has 0 bridgehead atoms. The second-order valence-corrected chi connectivity index (χ2v) is 8.32. The van der Waals surface area contributed by atoms with Crippen LogP contribution in [0, 0.1) is 17.3 Å². The minimum atomic E-state index is -0.973. The Morgan fingerprint density at radius 1 is 1.16 bits per heavy atom. The van der Waals surface area contributed by atoms with E-state index in [-0.39, 0.29) is 11.8 Å². The van der Waals surface area contributed by atoms with E-state index in [1.54, 1.807) is 0 Å². The highest BCUT2D eigenvalue weighted by Crippen LogP contribution is 2.39. The number of carboxylic acid groups (broad SMARTS) is 1. The molecule has 2 amide bonds. The van der Waals surface area contributed by atoms with Gasteiger partial charge in [-0.3, -0.25) is 4.79 Å². The van der Waals surface area contributed by atoms with Gasteiger partial charge in [-0.2, -0.15) is 0 Å². The number of ether oxygens (including phenoxy) is 1. The number of aliphatic carboxylic acids is 1. The Hall–Kier alpha value is -1.79. The third kappa shape index (κ3) is 4.44. The molecule has 1 saturated carbocycles. The molecule has 7 heteroatoms. The van der Waals surface area contributed by atoms with Crippen LogP contribution in [-0.2, 0) is 14.3 Å². The van der Waals surface area contributed by atoms with Crippen LogP contribution in [0.15, 0.2) is 0 Å². The van der Waals surface area contributed by atoms with Gasteiger partial charge in [0.15, 0.2) is 0 Å².